The first-order valence-electron chi connectivity index (χ1n) is 10.2. The number of halogens is 2. The zero-order valence-corrected chi connectivity index (χ0v) is 17.0. The zero-order valence-electron chi connectivity index (χ0n) is 17.0. The smallest absolute Gasteiger partial charge is 0.418 e. The molecule has 2 aromatic carbocycles. The third-order valence-electron chi connectivity index (χ3n) is 5.30. The van der Waals surface area contributed by atoms with E-state index >= 15 is 0 Å². The van der Waals surface area contributed by atoms with Gasteiger partial charge in [-0.2, -0.15) is 0 Å². The molecule has 0 atom stereocenters. The first-order chi connectivity index (χ1) is 14.9. The van der Waals surface area contributed by atoms with Crippen molar-refractivity contribution in [3.63, 3.8) is 0 Å². The van der Waals surface area contributed by atoms with Gasteiger partial charge in [0.2, 0.25) is 0 Å². The first-order valence-corrected chi connectivity index (χ1v) is 10.2. The van der Waals surface area contributed by atoms with Gasteiger partial charge in [-0.05, 0) is 73.9 Å². The van der Waals surface area contributed by atoms with Crippen molar-refractivity contribution in [3.05, 3.63) is 60.2 Å². The summed E-state index contributed by atoms with van der Waals surface area (Å²) in [5, 5.41) is 8.63. The zero-order chi connectivity index (χ0) is 22.2. The molecule has 1 amide bonds. The van der Waals surface area contributed by atoms with E-state index in [0.29, 0.717) is 12.5 Å². The molecule has 6 nitrogen and oxygen atoms in total. The number of ether oxygens (including phenoxy) is 2. The molecule has 166 valence electrons. The van der Waals surface area contributed by atoms with E-state index in [1.165, 1.54) is 36.4 Å². The van der Waals surface area contributed by atoms with E-state index in [1.807, 2.05) is 0 Å². The number of carbonyl (C=O) groups is 2. The van der Waals surface area contributed by atoms with Crippen LogP contribution in [-0.2, 0) is 14.3 Å². The number of carbonyl (C=O) groups excluding carboxylic acids is 1. The van der Waals surface area contributed by atoms with Gasteiger partial charge in [-0.1, -0.05) is 12.1 Å². The van der Waals surface area contributed by atoms with Crippen LogP contribution < -0.4 is 4.90 Å². The van der Waals surface area contributed by atoms with Crippen molar-refractivity contribution in [1.29, 1.82) is 0 Å². The lowest BCUT2D eigenvalue weighted by Gasteiger charge is -2.29. The van der Waals surface area contributed by atoms with Crippen molar-refractivity contribution >= 4 is 23.4 Å². The molecule has 0 spiro atoms. The second-order valence-electron chi connectivity index (χ2n) is 7.67. The van der Waals surface area contributed by atoms with Gasteiger partial charge in [-0.15, -0.1) is 0 Å². The van der Waals surface area contributed by atoms with Crippen molar-refractivity contribution < 1.29 is 33.0 Å². The lowest BCUT2D eigenvalue weighted by molar-refractivity contribution is -0.142. The number of nitrogens with zero attached hydrogens (tertiary/aromatic N) is 1. The molecule has 0 heterocycles. The second-order valence-corrected chi connectivity index (χ2v) is 7.67. The highest BCUT2D eigenvalue weighted by Crippen LogP contribution is 2.31. The van der Waals surface area contributed by atoms with Crippen molar-refractivity contribution in [2.24, 2.45) is 11.8 Å². The molecule has 0 radical (unpaired) electrons. The Morgan fingerprint density at radius 2 is 1.42 bits per heavy atom. The summed E-state index contributed by atoms with van der Waals surface area (Å²) in [4.78, 5) is 24.5. The Morgan fingerprint density at radius 3 is 1.90 bits per heavy atom. The number of amides is 1. The Kier molecular flexibility index (Phi) is 7.94. The third-order valence-corrected chi connectivity index (χ3v) is 5.30. The van der Waals surface area contributed by atoms with Crippen LogP contribution in [0, 0.1) is 23.5 Å². The molecule has 31 heavy (non-hydrogen) atoms. The number of carboxylic acids is 1. The summed E-state index contributed by atoms with van der Waals surface area (Å²) < 4.78 is 38.1. The molecule has 0 unspecified atom stereocenters. The van der Waals surface area contributed by atoms with Crippen LogP contribution in [0.4, 0.5) is 25.0 Å². The van der Waals surface area contributed by atoms with Crippen LogP contribution in [0.3, 0.4) is 0 Å². The van der Waals surface area contributed by atoms with E-state index in [-0.39, 0.29) is 30.5 Å². The standard InChI is InChI=1S/C23H25F2NO5/c24-18-3-1-5-20(11-18)26(21-6-2-4-19(25)12-21)23(29)31-14-17-9-7-16(8-10-17)13-30-15-22(27)28/h1-6,11-12,16-17H,7-10,13-15H2,(H,27,28)/t16-,17-. The highest BCUT2D eigenvalue weighted by Gasteiger charge is 2.25. The fourth-order valence-electron chi connectivity index (χ4n) is 3.72. The Labute approximate surface area is 179 Å². The van der Waals surface area contributed by atoms with Gasteiger partial charge in [-0.25, -0.2) is 23.3 Å². The van der Waals surface area contributed by atoms with E-state index in [9.17, 15) is 18.4 Å². The average molecular weight is 433 g/mol. The van der Waals surface area contributed by atoms with Gasteiger partial charge in [-0.3, -0.25) is 0 Å². The first kappa shape index (κ1) is 22.7. The fourth-order valence-corrected chi connectivity index (χ4v) is 3.72. The largest absolute Gasteiger partial charge is 0.480 e. The molecule has 1 fully saturated rings. The molecular weight excluding hydrogens is 408 g/mol. The summed E-state index contributed by atoms with van der Waals surface area (Å²) in [5.74, 6) is -1.56. The van der Waals surface area contributed by atoms with Gasteiger partial charge in [0, 0.05) is 0 Å². The van der Waals surface area contributed by atoms with Gasteiger partial charge in [0.25, 0.3) is 0 Å². The number of benzene rings is 2. The van der Waals surface area contributed by atoms with Gasteiger partial charge in [0.05, 0.1) is 24.6 Å². The normalized spacial score (nSPS) is 18.4. The maximum atomic E-state index is 13.7. The molecule has 1 saturated carbocycles. The Bertz CT molecular complexity index is 854. The summed E-state index contributed by atoms with van der Waals surface area (Å²) in [5.41, 5.74) is 0.491. The van der Waals surface area contributed by atoms with Crippen LogP contribution in [0.5, 0.6) is 0 Å². The molecule has 2 aromatic rings. The van der Waals surface area contributed by atoms with Gasteiger partial charge in [0.15, 0.2) is 0 Å². The van der Waals surface area contributed by atoms with E-state index in [2.05, 4.69) is 0 Å². The summed E-state index contributed by atoms with van der Waals surface area (Å²) in [6.07, 6.45) is 2.67. The van der Waals surface area contributed by atoms with E-state index in [1.54, 1.807) is 12.1 Å². The van der Waals surface area contributed by atoms with Gasteiger partial charge >= 0.3 is 12.1 Å². The molecule has 8 heteroatoms. The Morgan fingerprint density at radius 1 is 0.903 bits per heavy atom. The fraction of sp³-hybridized carbons (Fsp3) is 0.391. The highest BCUT2D eigenvalue weighted by molar-refractivity contribution is 5.95. The number of hydrogen-bond donors (Lipinski definition) is 1. The predicted octanol–water partition coefficient (Wildman–Crippen LogP) is 5.15. The predicted molar refractivity (Wildman–Crippen MR) is 110 cm³/mol. The lowest BCUT2D eigenvalue weighted by Crippen LogP contribution is -2.30. The summed E-state index contributed by atoms with van der Waals surface area (Å²) in [6.45, 7) is 0.307. The average Bonchev–Trinajstić information content (AvgIpc) is 2.73. The summed E-state index contributed by atoms with van der Waals surface area (Å²) >= 11 is 0. The third kappa shape index (κ3) is 6.75. The number of rotatable bonds is 8. The quantitative estimate of drug-likeness (QED) is 0.623. The van der Waals surface area contributed by atoms with Crippen molar-refractivity contribution in [2.45, 2.75) is 25.7 Å². The molecular formula is C23H25F2NO5. The monoisotopic (exact) mass is 433 g/mol. The van der Waals surface area contributed by atoms with Crippen molar-refractivity contribution in [2.75, 3.05) is 24.7 Å². The molecule has 3 rings (SSSR count). The molecule has 1 aliphatic carbocycles. The van der Waals surface area contributed by atoms with Gasteiger partial charge < -0.3 is 14.6 Å². The van der Waals surface area contributed by atoms with Crippen molar-refractivity contribution in [3.8, 4) is 0 Å². The van der Waals surface area contributed by atoms with Crippen LogP contribution in [0.2, 0.25) is 0 Å². The molecule has 0 bridgehead atoms. The number of anilines is 2. The molecule has 0 aromatic heterocycles. The van der Waals surface area contributed by atoms with E-state index < -0.39 is 23.7 Å². The topological polar surface area (TPSA) is 76.1 Å². The Balaban J connectivity index is 1.58. The number of aliphatic carboxylic acids is 1. The SMILES string of the molecule is O=C(O)COC[C@H]1CC[C@H](COC(=O)N(c2cccc(F)c2)c2cccc(F)c2)CC1. The highest BCUT2D eigenvalue weighted by atomic mass is 19.1. The number of carboxylic acid groups (broad SMARTS) is 1. The minimum absolute atomic E-state index is 0.168. The molecule has 1 N–H and O–H groups in total. The maximum absolute atomic E-state index is 13.7. The minimum atomic E-state index is -0.984. The minimum Gasteiger partial charge on any atom is -0.480 e. The number of hydrogen-bond acceptors (Lipinski definition) is 4. The van der Waals surface area contributed by atoms with Gasteiger partial charge in [0.1, 0.15) is 18.2 Å². The van der Waals surface area contributed by atoms with Crippen LogP contribution in [0.15, 0.2) is 48.5 Å². The summed E-state index contributed by atoms with van der Waals surface area (Å²) in [6, 6.07) is 10.9. The van der Waals surface area contributed by atoms with Crippen LogP contribution in [0.25, 0.3) is 0 Å². The second kappa shape index (κ2) is 10.9. The lowest BCUT2D eigenvalue weighted by atomic mass is 9.83. The van der Waals surface area contributed by atoms with Crippen LogP contribution in [-0.4, -0.2) is 37.0 Å². The Hall–Kier alpha value is -3.00. The van der Waals surface area contributed by atoms with Crippen LogP contribution >= 0.6 is 0 Å². The van der Waals surface area contributed by atoms with E-state index in [4.69, 9.17) is 14.6 Å². The van der Waals surface area contributed by atoms with Crippen LogP contribution in [0.1, 0.15) is 25.7 Å². The van der Waals surface area contributed by atoms with Crippen molar-refractivity contribution in [1.82, 2.24) is 0 Å². The molecule has 0 aliphatic heterocycles. The molecule has 0 saturated heterocycles. The molecule has 1 aliphatic rings. The summed E-state index contributed by atoms with van der Waals surface area (Å²) in [7, 11) is 0. The maximum Gasteiger partial charge on any atom is 0.418 e. The van der Waals surface area contributed by atoms with E-state index in [0.717, 1.165) is 30.6 Å².